The Morgan fingerprint density at radius 2 is 1.87 bits per heavy atom. The summed E-state index contributed by atoms with van der Waals surface area (Å²) in [6.07, 6.45) is 3.88. The molecule has 0 spiro atoms. The van der Waals surface area contributed by atoms with Gasteiger partial charge >= 0.3 is 0 Å². The van der Waals surface area contributed by atoms with Gasteiger partial charge in [-0.3, -0.25) is 4.90 Å². The molecule has 0 aromatic carbocycles. The van der Waals surface area contributed by atoms with E-state index in [-0.39, 0.29) is 0 Å². The van der Waals surface area contributed by atoms with Gasteiger partial charge in [0, 0.05) is 19.1 Å². The summed E-state index contributed by atoms with van der Waals surface area (Å²) in [5.74, 6) is 1.91. The van der Waals surface area contributed by atoms with Crippen LogP contribution in [0.4, 0.5) is 0 Å². The van der Waals surface area contributed by atoms with Crippen LogP contribution in [0.15, 0.2) is 0 Å². The van der Waals surface area contributed by atoms with Crippen LogP contribution in [-0.2, 0) is 0 Å². The molecule has 1 aliphatic heterocycles. The van der Waals surface area contributed by atoms with E-state index in [1.165, 1.54) is 32.4 Å². The monoisotopic (exact) mass is 229 g/mol. The first-order valence-electron chi connectivity index (χ1n) is 6.41. The zero-order valence-corrected chi connectivity index (χ0v) is 11.7. The number of thiol groups is 1. The first-order chi connectivity index (χ1) is 7.06. The highest BCUT2D eigenvalue weighted by molar-refractivity contribution is 7.80. The van der Waals surface area contributed by atoms with Gasteiger partial charge in [0.2, 0.25) is 0 Å². The summed E-state index contributed by atoms with van der Waals surface area (Å²) in [5, 5.41) is 0. The van der Waals surface area contributed by atoms with Crippen molar-refractivity contribution in [2.75, 3.05) is 18.8 Å². The van der Waals surface area contributed by atoms with E-state index in [0.717, 1.165) is 17.7 Å². The molecule has 1 heterocycles. The Bertz CT molecular complexity index is 181. The van der Waals surface area contributed by atoms with Gasteiger partial charge in [-0.05, 0) is 43.3 Å². The van der Waals surface area contributed by atoms with Gasteiger partial charge in [-0.15, -0.1) is 0 Å². The van der Waals surface area contributed by atoms with E-state index in [0.29, 0.717) is 5.41 Å². The van der Waals surface area contributed by atoms with Crippen molar-refractivity contribution in [2.45, 2.75) is 53.0 Å². The van der Waals surface area contributed by atoms with Crippen LogP contribution >= 0.6 is 12.6 Å². The van der Waals surface area contributed by atoms with Gasteiger partial charge in [0.15, 0.2) is 0 Å². The third-order valence-electron chi connectivity index (χ3n) is 4.29. The second-order valence-electron chi connectivity index (χ2n) is 5.48. The van der Waals surface area contributed by atoms with Crippen molar-refractivity contribution in [1.29, 1.82) is 0 Å². The fourth-order valence-electron chi connectivity index (χ4n) is 2.78. The molecule has 2 unspecified atom stereocenters. The number of hydrogen-bond acceptors (Lipinski definition) is 2. The van der Waals surface area contributed by atoms with Gasteiger partial charge in [0.05, 0.1) is 0 Å². The van der Waals surface area contributed by atoms with E-state index < -0.39 is 0 Å². The lowest BCUT2D eigenvalue weighted by Gasteiger charge is -2.36. The third-order valence-corrected chi connectivity index (χ3v) is 4.96. The largest absolute Gasteiger partial charge is 0.300 e. The van der Waals surface area contributed by atoms with Crippen LogP contribution in [0.25, 0.3) is 0 Å². The van der Waals surface area contributed by atoms with E-state index in [4.69, 9.17) is 0 Å². The molecule has 90 valence electrons. The second kappa shape index (κ2) is 5.58. The zero-order valence-electron chi connectivity index (χ0n) is 10.8. The second-order valence-corrected chi connectivity index (χ2v) is 5.80. The molecule has 15 heavy (non-hydrogen) atoms. The van der Waals surface area contributed by atoms with E-state index in [9.17, 15) is 0 Å². The lowest BCUT2D eigenvalue weighted by molar-refractivity contribution is 0.151. The van der Waals surface area contributed by atoms with Gasteiger partial charge in [-0.2, -0.15) is 12.6 Å². The Hall–Kier alpha value is 0.310. The van der Waals surface area contributed by atoms with E-state index >= 15 is 0 Å². The van der Waals surface area contributed by atoms with Crippen molar-refractivity contribution in [2.24, 2.45) is 11.3 Å². The summed E-state index contributed by atoms with van der Waals surface area (Å²) in [6.45, 7) is 11.9. The minimum absolute atomic E-state index is 0.446. The minimum Gasteiger partial charge on any atom is -0.300 e. The van der Waals surface area contributed by atoms with Gasteiger partial charge in [-0.25, -0.2) is 0 Å². The fraction of sp³-hybridized carbons (Fsp3) is 1.00. The third kappa shape index (κ3) is 3.13. The summed E-state index contributed by atoms with van der Waals surface area (Å²) in [7, 11) is 0. The van der Waals surface area contributed by atoms with Gasteiger partial charge in [-0.1, -0.05) is 20.8 Å². The van der Waals surface area contributed by atoms with Crippen LogP contribution in [-0.4, -0.2) is 29.8 Å². The highest BCUT2D eigenvalue weighted by Crippen LogP contribution is 2.33. The maximum absolute atomic E-state index is 4.56. The Balaban J connectivity index is 2.58. The zero-order chi connectivity index (χ0) is 11.5. The van der Waals surface area contributed by atoms with Crippen LogP contribution in [0.5, 0.6) is 0 Å². The molecule has 1 aliphatic rings. The molecule has 1 fully saturated rings. The van der Waals surface area contributed by atoms with Crippen LogP contribution in [0, 0.1) is 11.3 Å². The molecule has 0 radical (unpaired) electrons. The molecule has 0 saturated carbocycles. The summed E-state index contributed by atoms with van der Waals surface area (Å²) < 4.78 is 0. The lowest BCUT2D eigenvalue weighted by Crippen LogP contribution is -2.40. The molecular weight excluding hydrogens is 202 g/mol. The van der Waals surface area contributed by atoms with E-state index in [1.54, 1.807) is 0 Å². The summed E-state index contributed by atoms with van der Waals surface area (Å²) in [6, 6.07) is 0.775. The Morgan fingerprint density at radius 3 is 2.20 bits per heavy atom. The van der Waals surface area contributed by atoms with Crippen LogP contribution in [0.3, 0.4) is 0 Å². The van der Waals surface area contributed by atoms with Crippen molar-refractivity contribution in [1.82, 2.24) is 4.90 Å². The highest BCUT2D eigenvalue weighted by Gasteiger charge is 2.33. The predicted molar refractivity (Wildman–Crippen MR) is 71.7 cm³/mol. The van der Waals surface area contributed by atoms with Crippen LogP contribution in [0.2, 0.25) is 0 Å². The molecule has 2 atom stereocenters. The molecule has 0 aliphatic carbocycles. The summed E-state index contributed by atoms with van der Waals surface area (Å²) in [5.41, 5.74) is 0.446. The predicted octanol–water partition coefficient (Wildman–Crippen LogP) is 3.45. The molecule has 1 nitrogen and oxygen atoms in total. The topological polar surface area (TPSA) is 3.24 Å². The van der Waals surface area contributed by atoms with Gasteiger partial charge in [0.1, 0.15) is 0 Å². The van der Waals surface area contributed by atoms with E-state index in [1.807, 2.05) is 0 Å². The molecule has 0 aromatic rings. The first kappa shape index (κ1) is 13.4. The minimum atomic E-state index is 0.446. The molecule has 1 saturated heterocycles. The van der Waals surface area contributed by atoms with E-state index in [2.05, 4.69) is 45.2 Å². The summed E-state index contributed by atoms with van der Waals surface area (Å²) in [4.78, 5) is 2.67. The molecular formula is C13H27NS. The lowest BCUT2D eigenvalue weighted by atomic mass is 9.83. The Kier molecular flexibility index (Phi) is 4.98. The quantitative estimate of drug-likeness (QED) is 0.707. The Morgan fingerprint density at radius 1 is 1.27 bits per heavy atom. The SMILES string of the molecule is CCC(CC)(CS)CN1CC(C)CC1C. The van der Waals surface area contributed by atoms with Crippen molar-refractivity contribution in [3.8, 4) is 0 Å². The molecule has 1 rings (SSSR count). The van der Waals surface area contributed by atoms with Crippen LogP contribution < -0.4 is 0 Å². The normalized spacial score (nSPS) is 28.6. The number of nitrogens with zero attached hydrogens (tertiary/aromatic N) is 1. The van der Waals surface area contributed by atoms with Crippen molar-refractivity contribution < 1.29 is 0 Å². The van der Waals surface area contributed by atoms with Crippen LogP contribution in [0.1, 0.15) is 47.0 Å². The maximum Gasteiger partial charge on any atom is 0.00702 e. The number of likely N-dealkylation sites (tertiary alicyclic amines) is 1. The van der Waals surface area contributed by atoms with Gasteiger partial charge < -0.3 is 0 Å². The maximum atomic E-state index is 4.56. The number of hydrogen-bond donors (Lipinski definition) is 1. The van der Waals surface area contributed by atoms with Crippen molar-refractivity contribution >= 4 is 12.6 Å². The smallest absolute Gasteiger partial charge is 0.00702 e. The first-order valence-corrected chi connectivity index (χ1v) is 7.05. The Labute approximate surface area is 101 Å². The molecule has 0 aromatic heterocycles. The fourth-order valence-corrected chi connectivity index (χ4v) is 3.33. The standard InChI is InChI=1S/C13H27NS/c1-5-13(6-2,10-15)9-14-8-11(3)7-12(14)4/h11-12,15H,5-10H2,1-4H3. The average molecular weight is 229 g/mol. The molecule has 0 N–H and O–H groups in total. The van der Waals surface area contributed by atoms with Crippen molar-refractivity contribution in [3.05, 3.63) is 0 Å². The van der Waals surface area contributed by atoms with Gasteiger partial charge in [0.25, 0.3) is 0 Å². The molecule has 0 amide bonds. The van der Waals surface area contributed by atoms with Crippen molar-refractivity contribution in [3.63, 3.8) is 0 Å². The highest BCUT2D eigenvalue weighted by atomic mass is 32.1. The molecule has 0 bridgehead atoms. The molecule has 2 heteroatoms. The average Bonchev–Trinajstić information content (AvgIpc) is 2.54. The summed E-state index contributed by atoms with van der Waals surface area (Å²) >= 11 is 4.56. The number of rotatable bonds is 5.